The van der Waals surface area contributed by atoms with Crippen molar-refractivity contribution >= 4 is 94.2 Å². The average Bonchev–Trinajstić information content (AvgIpc) is 3.73. The molecule has 0 radical (unpaired) electrons. The summed E-state index contributed by atoms with van der Waals surface area (Å²) in [5, 5.41) is 3.85. The van der Waals surface area contributed by atoms with E-state index in [1.165, 1.54) is 0 Å². The summed E-state index contributed by atoms with van der Waals surface area (Å²) in [5.41, 5.74) is 9.62. The Morgan fingerprint density at radius 3 is 1.34 bits per heavy atom. The molecule has 0 fully saturated rings. The number of rotatable bonds is 3. The van der Waals surface area contributed by atoms with E-state index in [4.69, 9.17) is 13.9 Å². The second kappa shape index (κ2) is 12.8. The number of nitrogens with zero attached hydrogens (tertiary/aromatic N) is 3. The predicted octanol–water partition coefficient (Wildman–Crippen LogP) is 14.3. The Morgan fingerprint density at radius 1 is 0.375 bits per heavy atom. The summed E-state index contributed by atoms with van der Waals surface area (Å²) in [6.07, 6.45) is 0. The second-order valence-corrected chi connectivity index (χ2v) is 16.3. The third kappa shape index (κ3) is 4.76. The highest BCUT2D eigenvalue weighted by Gasteiger charge is 2.29. The van der Waals surface area contributed by atoms with E-state index in [0.717, 1.165) is 79.0 Å². The van der Waals surface area contributed by atoms with Crippen LogP contribution in [0.25, 0.3) is 71.2 Å². The van der Waals surface area contributed by atoms with Gasteiger partial charge in [0.2, 0.25) is 0 Å². The van der Waals surface area contributed by atoms with Crippen LogP contribution in [0.15, 0.2) is 202 Å². The van der Waals surface area contributed by atoms with Crippen LogP contribution in [0.3, 0.4) is 0 Å². The molecule has 5 heterocycles. The summed E-state index contributed by atoms with van der Waals surface area (Å²) >= 11 is 0. The number of pyridine rings is 2. The van der Waals surface area contributed by atoms with Crippen molar-refractivity contribution in [2.45, 2.75) is 0 Å². The van der Waals surface area contributed by atoms with Crippen LogP contribution in [0.5, 0.6) is 23.0 Å². The van der Waals surface area contributed by atoms with E-state index in [2.05, 4.69) is 14.2 Å². The summed E-state index contributed by atoms with van der Waals surface area (Å²) in [6.45, 7) is 0. The van der Waals surface area contributed by atoms with Gasteiger partial charge in [0.25, 0.3) is 0 Å². The molecule has 300 valence electrons. The van der Waals surface area contributed by atoms with E-state index in [1.807, 2.05) is 188 Å². The number of anilines is 6. The molecule has 0 aliphatic carbocycles. The maximum absolute atomic E-state index is 15.3. The van der Waals surface area contributed by atoms with Crippen molar-refractivity contribution in [3.8, 4) is 34.1 Å². The van der Waals surface area contributed by atoms with Gasteiger partial charge in [0.05, 0.1) is 39.3 Å². The molecular formula is C56H31N3O5. The fourth-order valence-electron chi connectivity index (χ4n) is 10.1. The van der Waals surface area contributed by atoms with E-state index in [0.29, 0.717) is 49.2 Å². The van der Waals surface area contributed by atoms with Crippen molar-refractivity contribution in [1.82, 2.24) is 4.40 Å². The van der Waals surface area contributed by atoms with Gasteiger partial charge in [-0.05, 0) is 109 Å². The van der Waals surface area contributed by atoms with Crippen molar-refractivity contribution < 1.29 is 13.9 Å². The monoisotopic (exact) mass is 825 g/mol. The molecule has 0 saturated carbocycles. The van der Waals surface area contributed by atoms with Gasteiger partial charge >= 0.3 is 0 Å². The highest BCUT2D eigenvalue weighted by molar-refractivity contribution is 6.14. The van der Waals surface area contributed by atoms with Gasteiger partial charge in [-0.3, -0.25) is 9.59 Å². The Balaban J connectivity index is 1.08. The van der Waals surface area contributed by atoms with Gasteiger partial charge in [0.1, 0.15) is 11.2 Å². The lowest BCUT2D eigenvalue weighted by atomic mass is 9.95. The van der Waals surface area contributed by atoms with Crippen LogP contribution in [0.4, 0.5) is 34.1 Å². The summed E-state index contributed by atoms with van der Waals surface area (Å²) in [6, 6.07) is 61.5. The van der Waals surface area contributed by atoms with Gasteiger partial charge in [0, 0.05) is 49.3 Å². The first-order chi connectivity index (χ1) is 31.6. The Morgan fingerprint density at radius 2 is 0.828 bits per heavy atom. The van der Waals surface area contributed by atoms with Gasteiger partial charge in [-0.1, -0.05) is 84.9 Å². The minimum absolute atomic E-state index is 0.174. The number of aromatic nitrogens is 1. The Bertz CT molecular complexity index is 3820. The Kier molecular flexibility index (Phi) is 6.97. The standard InChI is InChI=1S/C56H31N3O5/c60-54-38-30-33(57-44-15-2-7-20-49(44)62-50-21-8-3-16-45(50)57)24-26-42(38)59-43-27-25-34(58-46-17-4-9-22-51(46)63-52-23-10-5-18-47(52)58)31-39(43)55(61)41-29-32(28-40(54)53(41)59)35-13-11-14-37-36-12-1-6-19-48(36)64-56(35)37/h1-31H. The average molecular weight is 826 g/mol. The zero-order chi connectivity index (χ0) is 42.2. The van der Waals surface area contributed by atoms with E-state index in [-0.39, 0.29) is 10.9 Å². The molecule has 0 N–H and O–H groups in total. The molecule has 2 aliphatic heterocycles. The smallest absolute Gasteiger partial charge is 0.197 e. The summed E-state index contributed by atoms with van der Waals surface area (Å²) in [7, 11) is 0. The number of furan rings is 1. The van der Waals surface area contributed by atoms with E-state index >= 15 is 9.59 Å². The van der Waals surface area contributed by atoms with Crippen LogP contribution in [-0.4, -0.2) is 4.40 Å². The highest BCUT2D eigenvalue weighted by atomic mass is 16.5. The largest absolute Gasteiger partial charge is 0.455 e. The summed E-state index contributed by atoms with van der Waals surface area (Å²) in [4.78, 5) is 35.0. The van der Waals surface area contributed by atoms with Crippen molar-refractivity contribution in [3.05, 3.63) is 209 Å². The van der Waals surface area contributed by atoms with Crippen molar-refractivity contribution in [2.75, 3.05) is 9.80 Å². The molecule has 12 aromatic rings. The van der Waals surface area contributed by atoms with Crippen LogP contribution in [0, 0.1) is 0 Å². The number of hydrogen-bond donors (Lipinski definition) is 0. The fraction of sp³-hybridized carbons (Fsp3) is 0. The lowest BCUT2D eigenvalue weighted by Crippen LogP contribution is -2.18. The Labute approximate surface area is 363 Å². The van der Waals surface area contributed by atoms with Crippen LogP contribution in [0.2, 0.25) is 0 Å². The Hall–Kier alpha value is -8.88. The lowest BCUT2D eigenvalue weighted by Gasteiger charge is -2.33. The van der Waals surface area contributed by atoms with Crippen LogP contribution in [-0.2, 0) is 0 Å². The lowest BCUT2D eigenvalue weighted by molar-refractivity contribution is 0.477. The van der Waals surface area contributed by atoms with Gasteiger partial charge in [0.15, 0.2) is 33.9 Å². The third-order valence-corrected chi connectivity index (χ3v) is 12.9. The van der Waals surface area contributed by atoms with E-state index in [9.17, 15) is 0 Å². The SMILES string of the molecule is O=c1c2cc(N3c4ccccc4Oc4ccccc43)ccc2n2c3ccc(N4c5ccccc5Oc5ccccc54)cc3c(=O)c3cc(-c4cccc5c4oc4ccccc45)cc1c32. The molecule has 0 saturated heterocycles. The zero-order valence-corrected chi connectivity index (χ0v) is 33.8. The number of ether oxygens (including phenoxy) is 2. The summed E-state index contributed by atoms with van der Waals surface area (Å²) < 4.78 is 21.3. The molecule has 14 rings (SSSR count). The minimum atomic E-state index is -0.174. The van der Waals surface area contributed by atoms with E-state index in [1.54, 1.807) is 0 Å². The van der Waals surface area contributed by atoms with E-state index < -0.39 is 0 Å². The molecule has 0 spiro atoms. The number of benzene rings is 9. The first-order valence-electron chi connectivity index (χ1n) is 21.2. The van der Waals surface area contributed by atoms with Crippen molar-refractivity contribution in [1.29, 1.82) is 0 Å². The van der Waals surface area contributed by atoms with Gasteiger partial charge in [-0.2, -0.15) is 0 Å². The van der Waals surface area contributed by atoms with Crippen molar-refractivity contribution in [3.63, 3.8) is 0 Å². The molecular weight excluding hydrogens is 795 g/mol. The molecule has 0 amide bonds. The number of hydrogen-bond acceptors (Lipinski definition) is 7. The predicted molar refractivity (Wildman–Crippen MR) is 256 cm³/mol. The molecule has 0 unspecified atom stereocenters. The van der Waals surface area contributed by atoms with Crippen LogP contribution < -0.4 is 30.1 Å². The molecule has 8 heteroatoms. The quantitative estimate of drug-likeness (QED) is 0.130. The number of fused-ring (bicyclic) bond motifs is 11. The third-order valence-electron chi connectivity index (χ3n) is 12.9. The molecule has 0 atom stereocenters. The first kappa shape index (κ1) is 34.8. The maximum atomic E-state index is 15.3. The van der Waals surface area contributed by atoms with Gasteiger partial charge in [-0.15, -0.1) is 0 Å². The number of para-hydroxylation sites is 10. The highest BCUT2D eigenvalue weighted by Crippen LogP contribution is 2.52. The molecule has 8 nitrogen and oxygen atoms in total. The van der Waals surface area contributed by atoms with Gasteiger partial charge in [-0.25, -0.2) is 0 Å². The zero-order valence-electron chi connectivity index (χ0n) is 33.8. The van der Waals surface area contributed by atoms with Crippen LogP contribution in [0.1, 0.15) is 0 Å². The van der Waals surface area contributed by atoms with Gasteiger partial charge < -0.3 is 28.1 Å². The topological polar surface area (TPSA) is 76.6 Å². The van der Waals surface area contributed by atoms with Crippen LogP contribution >= 0.6 is 0 Å². The fourth-order valence-corrected chi connectivity index (χ4v) is 10.1. The first-order valence-corrected chi connectivity index (χ1v) is 21.2. The van der Waals surface area contributed by atoms with Crippen molar-refractivity contribution in [2.24, 2.45) is 0 Å². The molecule has 2 aliphatic rings. The molecule has 9 aromatic carbocycles. The normalized spacial score (nSPS) is 13.0. The maximum Gasteiger partial charge on any atom is 0.197 e. The molecule has 64 heavy (non-hydrogen) atoms. The second-order valence-electron chi connectivity index (χ2n) is 16.3. The molecule has 3 aromatic heterocycles. The summed E-state index contributed by atoms with van der Waals surface area (Å²) in [5.74, 6) is 2.87. The molecule has 0 bridgehead atoms. The minimum Gasteiger partial charge on any atom is -0.455 e.